The highest BCUT2D eigenvalue weighted by atomic mass is 32.3. The molecule has 0 aliphatic carbocycles. The summed E-state index contributed by atoms with van der Waals surface area (Å²) in [6, 6.07) is 0. The molecule has 0 spiro atoms. The van der Waals surface area contributed by atoms with Gasteiger partial charge in [0.25, 0.3) is 0 Å². The molecule has 0 bridgehead atoms. The van der Waals surface area contributed by atoms with Crippen LogP contribution in [0.15, 0.2) is 60.8 Å². The van der Waals surface area contributed by atoms with Crippen LogP contribution in [0.25, 0.3) is 0 Å². The van der Waals surface area contributed by atoms with Crippen LogP contribution in [0.1, 0.15) is 206 Å². The second-order valence-corrected chi connectivity index (χ2v) is 18.8. The van der Waals surface area contributed by atoms with Gasteiger partial charge in [-0.3, -0.25) is 9.35 Å². The summed E-state index contributed by atoms with van der Waals surface area (Å²) >= 11 is 0. The molecule has 1 fully saturated rings. The first-order valence-corrected chi connectivity index (χ1v) is 27.4. The van der Waals surface area contributed by atoms with Crippen LogP contribution in [0.3, 0.4) is 0 Å². The Kier molecular flexibility index (Phi) is 41.2. The molecular weight excluding hydrogens is 861 g/mol. The Bertz CT molecular complexity index is 1380. The van der Waals surface area contributed by atoms with E-state index in [2.05, 4.69) is 78.8 Å². The molecule has 1 saturated heterocycles. The maximum Gasteiger partial charge on any atom is 0.397 e. The number of ether oxygens (including phenoxy) is 4. The Morgan fingerprint density at radius 3 is 1.45 bits per heavy atom. The summed E-state index contributed by atoms with van der Waals surface area (Å²) in [5.41, 5.74) is 0. The molecule has 13 heteroatoms. The lowest BCUT2D eigenvalue weighted by atomic mass is 9.99. The van der Waals surface area contributed by atoms with E-state index in [4.69, 9.17) is 18.9 Å². The topological polar surface area (TPSA) is 178 Å². The molecule has 0 aromatic heterocycles. The summed E-state index contributed by atoms with van der Waals surface area (Å²) in [6.45, 7) is 3.93. The van der Waals surface area contributed by atoms with Crippen molar-refractivity contribution in [2.24, 2.45) is 0 Å². The van der Waals surface area contributed by atoms with E-state index in [1.165, 1.54) is 103 Å². The fourth-order valence-corrected chi connectivity index (χ4v) is 8.16. The Balaban J connectivity index is 2.37. The molecule has 0 amide bonds. The van der Waals surface area contributed by atoms with Crippen LogP contribution in [-0.2, 0) is 38.3 Å². The Morgan fingerprint density at radius 1 is 0.576 bits per heavy atom. The number of aliphatic hydroxyl groups excluding tert-OH is 3. The van der Waals surface area contributed by atoms with Crippen LogP contribution in [0.5, 0.6) is 0 Å². The van der Waals surface area contributed by atoms with Gasteiger partial charge in [-0.15, -0.1) is 0 Å². The number of hydrogen-bond acceptors (Lipinski definition) is 11. The third-order valence-corrected chi connectivity index (χ3v) is 12.1. The first-order chi connectivity index (χ1) is 32.1. The first-order valence-electron chi connectivity index (χ1n) is 26.0. The Morgan fingerprint density at radius 2 is 1.00 bits per heavy atom. The largest absolute Gasteiger partial charge is 0.457 e. The lowest BCUT2D eigenvalue weighted by molar-refractivity contribution is -0.301. The summed E-state index contributed by atoms with van der Waals surface area (Å²) in [6.07, 6.45) is 46.7. The molecule has 0 saturated carbocycles. The highest BCUT2D eigenvalue weighted by molar-refractivity contribution is 7.80. The Labute approximate surface area is 401 Å². The molecule has 1 rings (SSSR count). The van der Waals surface area contributed by atoms with Gasteiger partial charge in [0.1, 0.15) is 30.5 Å². The van der Waals surface area contributed by atoms with Crippen LogP contribution in [0, 0.1) is 0 Å². The molecule has 66 heavy (non-hydrogen) atoms. The van der Waals surface area contributed by atoms with E-state index in [0.717, 1.165) is 77.0 Å². The van der Waals surface area contributed by atoms with Crippen molar-refractivity contribution in [3.63, 3.8) is 0 Å². The average molecular weight is 955 g/mol. The highest BCUT2D eigenvalue weighted by Crippen LogP contribution is 2.26. The zero-order valence-electron chi connectivity index (χ0n) is 41.2. The number of unbranched alkanes of at least 4 members (excludes halogenated alkanes) is 22. The fourth-order valence-electron chi connectivity index (χ4n) is 7.65. The van der Waals surface area contributed by atoms with E-state index in [1.54, 1.807) is 0 Å². The third kappa shape index (κ3) is 36.8. The average Bonchev–Trinajstić information content (AvgIpc) is 3.29. The lowest BCUT2D eigenvalue weighted by Crippen LogP contribution is -2.60. The van der Waals surface area contributed by atoms with Gasteiger partial charge in [-0.2, -0.15) is 8.42 Å². The van der Waals surface area contributed by atoms with Gasteiger partial charge in [-0.1, -0.05) is 177 Å². The number of carbonyl (C=O) groups is 1. The van der Waals surface area contributed by atoms with Gasteiger partial charge in [0, 0.05) is 13.0 Å². The van der Waals surface area contributed by atoms with Crippen molar-refractivity contribution in [2.75, 3.05) is 26.4 Å². The molecule has 1 aliphatic heterocycles. The van der Waals surface area contributed by atoms with E-state index < -0.39 is 59.8 Å². The molecule has 0 aromatic rings. The van der Waals surface area contributed by atoms with Crippen molar-refractivity contribution in [3.05, 3.63) is 60.8 Å². The number of aliphatic hydroxyl groups is 3. The maximum absolute atomic E-state index is 12.9. The van der Waals surface area contributed by atoms with E-state index in [9.17, 15) is 33.1 Å². The zero-order chi connectivity index (χ0) is 48.2. The molecule has 384 valence electrons. The van der Waals surface area contributed by atoms with Crippen molar-refractivity contribution >= 4 is 16.4 Å². The second-order valence-electron chi connectivity index (χ2n) is 17.8. The van der Waals surface area contributed by atoms with Crippen molar-refractivity contribution in [1.82, 2.24) is 0 Å². The van der Waals surface area contributed by atoms with Gasteiger partial charge >= 0.3 is 16.4 Å². The molecule has 4 N–H and O–H groups in total. The normalized spacial score (nSPS) is 20.0. The standard InChI is InChI=1S/C53H94O12S/c1-3-5-7-9-11-13-15-17-19-21-23-25-27-29-31-33-35-37-39-41-43-61-45-47(46-62-53-51(57)52(65-66(58,59)60)50(56)48(44-54)64-53)63-49(55)42-40-38-36-34-32-30-28-26-24-22-20-18-16-14-12-10-8-6-4-2/h11-14,17-20,24,26,47-48,50-54,56-57H,3-10,15-16,21-23,25,27-46H2,1-2H3,(H,58,59,60)/b13-11-,14-12-,19-17-,20-18-,26-24-. The van der Waals surface area contributed by atoms with E-state index in [0.29, 0.717) is 13.0 Å². The number of allylic oxidation sites excluding steroid dienone is 10. The third-order valence-electron chi connectivity index (χ3n) is 11.6. The molecule has 6 unspecified atom stereocenters. The number of rotatable bonds is 45. The SMILES string of the molecule is CCCCC/C=C\C/C=C\C/C=C\CCCCCCCCC(=O)OC(COCCCCCCCCCCCC/C=C\C/C=C\CCCCC)COC1OC(CO)C(O)C(OS(=O)(=O)O)C1O. The van der Waals surface area contributed by atoms with Crippen molar-refractivity contribution in [2.45, 2.75) is 243 Å². The van der Waals surface area contributed by atoms with Crippen LogP contribution in [0.4, 0.5) is 0 Å². The zero-order valence-corrected chi connectivity index (χ0v) is 42.1. The molecule has 0 radical (unpaired) electrons. The molecule has 6 atom stereocenters. The smallest absolute Gasteiger partial charge is 0.397 e. The van der Waals surface area contributed by atoms with Gasteiger partial charge in [0.15, 0.2) is 6.29 Å². The minimum absolute atomic E-state index is 0.0266. The first kappa shape index (κ1) is 61.8. The summed E-state index contributed by atoms with van der Waals surface area (Å²) in [5.74, 6) is -0.413. The lowest BCUT2D eigenvalue weighted by Gasteiger charge is -2.41. The second kappa shape index (κ2) is 44.0. The summed E-state index contributed by atoms with van der Waals surface area (Å²) in [4.78, 5) is 12.9. The summed E-state index contributed by atoms with van der Waals surface area (Å²) in [5, 5.41) is 30.8. The van der Waals surface area contributed by atoms with E-state index >= 15 is 0 Å². The minimum atomic E-state index is -5.07. The predicted molar refractivity (Wildman–Crippen MR) is 266 cm³/mol. The summed E-state index contributed by atoms with van der Waals surface area (Å²) in [7, 11) is -5.07. The van der Waals surface area contributed by atoms with Crippen LogP contribution in [-0.4, -0.2) is 97.5 Å². The number of hydrogen-bond donors (Lipinski definition) is 4. The number of carbonyl (C=O) groups excluding carboxylic acids is 1. The Hall–Kier alpha value is -2.20. The maximum atomic E-state index is 12.9. The van der Waals surface area contributed by atoms with E-state index in [-0.39, 0.29) is 19.6 Å². The van der Waals surface area contributed by atoms with Gasteiger partial charge in [-0.25, -0.2) is 4.18 Å². The molecular formula is C53H94O12S. The number of esters is 1. The molecule has 1 heterocycles. The van der Waals surface area contributed by atoms with Gasteiger partial charge in [0.05, 0.1) is 19.8 Å². The molecule has 0 aromatic carbocycles. The molecule has 12 nitrogen and oxygen atoms in total. The van der Waals surface area contributed by atoms with Crippen LogP contribution in [0.2, 0.25) is 0 Å². The quantitative estimate of drug-likeness (QED) is 0.0197. The van der Waals surface area contributed by atoms with Crippen molar-refractivity contribution in [3.8, 4) is 0 Å². The minimum Gasteiger partial charge on any atom is -0.457 e. The van der Waals surface area contributed by atoms with Crippen molar-refractivity contribution in [1.29, 1.82) is 0 Å². The van der Waals surface area contributed by atoms with Gasteiger partial charge < -0.3 is 34.3 Å². The van der Waals surface area contributed by atoms with Gasteiger partial charge in [0.2, 0.25) is 0 Å². The predicted octanol–water partition coefficient (Wildman–Crippen LogP) is 12.1. The van der Waals surface area contributed by atoms with Crippen LogP contribution >= 0.6 is 0 Å². The molecule has 1 aliphatic rings. The van der Waals surface area contributed by atoms with E-state index in [1.807, 2.05) is 0 Å². The fraction of sp³-hybridized carbons (Fsp3) is 0.792. The van der Waals surface area contributed by atoms with Crippen molar-refractivity contribution < 1.29 is 56.2 Å². The monoisotopic (exact) mass is 955 g/mol. The van der Waals surface area contributed by atoms with Crippen LogP contribution < -0.4 is 0 Å². The summed E-state index contributed by atoms with van der Waals surface area (Å²) < 4.78 is 59.3. The highest BCUT2D eigenvalue weighted by Gasteiger charge is 2.48. The van der Waals surface area contributed by atoms with Gasteiger partial charge in [-0.05, 0) is 83.5 Å².